The second-order valence-corrected chi connectivity index (χ2v) is 9.93. The van der Waals surface area contributed by atoms with E-state index in [-0.39, 0.29) is 5.91 Å². The number of likely N-dealkylation sites (tertiary alicyclic amines) is 1. The minimum atomic E-state index is 0.00420. The molecule has 1 N–H and O–H groups in total. The highest BCUT2D eigenvalue weighted by Gasteiger charge is 2.27. The quantitative estimate of drug-likeness (QED) is 0.304. The van der Waals surface area contributed by atoms with Crippen LogP contribution in [0.1, 0.15) is 34.8 Å². The zero-order valence-corrected chi connectivity index (χ0v) is 19.5. The van der Waals surface area contributed by atoms with Crippen LogP contribution in [0.3, 0.4) is 0 Å². The summed E-state index contributed by atoms with van der Waals surface area (Å²) in [6, 6.07) is 22.3. The topological polar surface area (TPSA) is 49.0 Å². The Labute approximate surface area is 200 Å². The Morgan fingerprint density at radius 1 is 1.00 bits per heavy atom. The third kappa shape index (κ3) is 3.71. The Hall–Kier alpha value is -3.15. The minimum Gasteiger partial charge on any atom is -0.353 e. The van der Waals surface area contributed by atoms with E-state index in [0.717, 1.165) is 63.3 Å². The van der Waals surface area contributed by atoms with Crippen LogP contribution in [0.25, 0.3) is 32.4 Å². The first-order valence-electron chi connectivity index (χ1n) is 11.2. The maximum absolute atomic E-state index is 13.6. The van der Waals surface area contributed by atoms with E-state index in [4.69, 9.17) is 16.6 Å². The van der Waals surface area contributed by atoms with Crippen molar-refractivity contribution in [2.75, 3.05) is 13.1 Å². The number of aromatic amines is 1. The number of H-pyrrole nitrogens is 1. The van der Waals surface area contributed by atoms with Crippen LogP contribution in [0.15, 0.2) is 72.1 Å². The first kappa shape index (κ1) is 20.5. The summed E-state index contributed by atoms with van der Waals surface area (Å²) in [6.07, 6.45) is 1.86. The monoisotopic (exact) mass is 471 g/mol. The number of piperidine rings is 1. The zero-order chi connectivity index (χ0) is 22.4. The van der Waals surface area contributed by atoms with E-state index in [0.29, 0.717) is 11.6 Å². The number of rotatable bonds is 3. The molecule has 1 amide bonds. The van der Waals surface area contributed by atoms with Gasteiger partial charge in [0.25, 0.3) is 5.91 Å². The van der Waals surface area contributed by atoms with Crippen molar-refractivity contribution in [3.8, 4) is 10.6 Å². The smallest absolute Gasteiger partial charge is 0.272 e. The normalized spacial score (nSPS) is 14.9. The summed E-state index contributed by atoms with van der Waals surface area (Å²) in [5.74, 6) is 0.433. The Kier molecular flexibility index (Phi) is 5.16. The van der Waals surface area contributed by atoms with Crippen LogP contribution in [-0.2, 0) is 0 Å². The third-order valence-electron chi connectivity index (χ3n) is 6.57. The number of halogens is 1. The Bertz CT molecular complexity index is 1470. The summed E-state index contributed by atoms with van der Waals surface area (Å²) in [7, 11) is 0. The molecule has 0 atom stereocenters. The number of nitrogens with zero attached hydrogens (tertiary/aromatic N) is 2. The number of aromatic nitrogens is 2. The highest BCUT2D eigenvalue weighted by Crippen LogP contribution is 2.35. The maximum Gasteiger partial charge on any atom is 0.272 e. The molecular weight excluding hydrogens is 450 g/mol. The van der Waals surface area contributed by atoms with Crippen molar-refractivity contribution in [1.82, 2.24) is 14.9 Å². The average molecular weight is 472 g/mol. The standard InChI is InChI=1S/C27H22ClN3OS/c28-19-6-3-5-18(15-19)17-10-12-31(13-11-17)27(32)23-16-21-20-7-1-2-8-22(20)29-25(21)26(30-23)24-9-4-14-33-24/h1-9,14-17,29H,10-13H2. The summed E-state index contributed by atoms with van der Waals surface area (Å²) in [4.78, 5) is 24.9. The number of amides is 1. The van der Waals surface area contributed by atoms with E-state index < -0.39 is 0 Å². The molecule has 0 radical (unpaired) electrons. The molecule has 6 rings (SSSR count). The van der Waals surface area contributed by atoms with E-state index in [9.17, 15) is 4.79 Å². The van der Waals surface area contributed by atoms with Crippen LogP contribution in [0.4, 0.5) is 0 Å². The average Bonchev–Trinajstić information content (AvgIpc) is 3.51. The molecule has 0 aliphatic carbocycles. The van der Waals surface area contributed by atoms with Gasteiger partial charge in [-0.2, -0.15) is 0 Å². The van der Waals surface area contributed by atoms with Crippen LogP contribution in [-0.4, -0.2) is 33.9 Å². The van der Waals surface area contributed by atoms with E-state index >= 15 is 0 Å². The number of fused-ring (bicyclic) bond motifs is 3. The van der Waals surface area contributed by atoms with Crippen LogP contribution in [0, 0.1) is 0 Å². The van der Waals surface area contributed by atoms with E-state index in [1.165, 1.54) is 5.56 Å². The molecule has 33 heavy (non-hydrogen) atoms. The number of pyridine rings is 1. The van der Waals surface area contributed by atoms with Crippen molar-refractivity contribution in [2.24, 2.45) is 0 Å². The third-order valence-corrected chi connectivity index (χ3v) is 7.68. The SMILES string of the molecule is O=C(c1cc2c([nH]c3ccccc32)c(-c2cccs2)n1)N1CCC(c2cccc(Cl)c2)CC1. The number of para-hydroxylation sites is 1. The van der Waals surface area contributed by atoms with Crippen molar-refractivity contribution in [3.63, 3.8) is 0 Å². The minimum absolute atomic E-state index is 0.00420. The molecule has 1 aliphatic heterocycles. The number of thiophene rings is 1. The van der Waals surface area contributed by atoms with Gasteiger partial charge in [0.2, 0.25) is 0 Å². The number of hydrogen-bond donors (Lipinski definition) is 1. The molecule has 1 fully saturated rings. The van der Waals surface area contributed by atoms with Gasteiger partial charge < -0.3 is 9.88 Å². The number of benzene rings is 2. The van der Waals surface area contributed by atoms with Crippen molar-refractivity contribution < 1.29 is 4.79 Å². The first-order valence-corrected chi connectivity index (χ1v) is 12.4. The summed E-state index contributed by atoms with van der Waals surface area (Å²) in [6.45, 7) is 1.44. The number of carbonyl (C=O) groups is 1. The highest BCUT2D eigenvalue weighted by molar-refractivity contribution is 7.13. The van der Waals surface area contributed by atoms with Gasteiger partial charge in [-0.1, -0.05) is 48.0 Å². The molecule has 3 aromatic heterocycles. The molecule has 4 nitrogen and oxygen atoms in total. The lowest BCUT2D eigenvalue weighted by Gasteiger charge is -2.32. The molecule has 0 bridgehead atoms. The molecule has 164 valence electrons. The summed E-state index contributed by atoms with van der Waals surface area (Å²) in [5, 5.41) is 4.96. The van der Waals surface area contributed by atoms with Crippen molar-refractivity contribution in [3.05, 3.63) is 88.4 Å². The molecule has 2 aromatic carbocycles. The number of carbonyl (C=O) groups excluding carboxylic acids is 1. The summed E-state index contributed by atoms with van der Waals surface area (Å²) < 4.78 is 0. The fraction of sp³-hybridized carbons (Fsp3) is 0.185. The molecule has 0 saturated carbocycles. The first-order chi connectivity index (χ1) is 16.2. The summed E-state index contributed by atoms with van der Waals surface area (Å²) >= 11 is 7.82. The lowest BCUT2D eigenvalue weighted by atomic mass is 9.89. The molecule has 0 spiro atoms. The fourth-order valence-electron chi connectivity index (χ4n) is 4.89. The van der Waals surface area contributed by atoms with Gasteiger partial charge in [-0.15, -0.1) is 11.3 Å². The number of nitrogens with one attached hydrogen (secondary N) is 1. The largest absolute Gasteiger partial charge is 0.353 e. The van der Waals surface area contributed by atoms with Crippen LogP contribution < -0.4 is 0 Å². The van der Waals surface area contributed by atoms with Gasteiger partial charge in [0.05, 0.1) is 10.4 Å². The van der Waals surface area contributed by atoms with Crippen LogP contribution in [0.2, 0.25) is 5.02 Å². The van der Waals surface area contributed by atoms with E-state index in [1.54, 1.807) is 11.3 Å². The second kappa shape index (κ2) is 8.32. The predicted molar refractivity (Wildman–Crippen MR) is 136 cm³/mol. The molecule has 6 heteroatoms. The Balaban J connectivity index is 1.34. The van der Waals surface area contributed by atoms with Gasteiger partial charge in [0.1, 0.15) is 11.4 Å². The summed E-state index contributed by atoms with van der Waals surface area (Å²) in [5.41, 5.74) is 4.65. The van der Waals surface area contributed by atoms with Crippen molar-refractivity contribution in [1.29, 1.82) is 0 Å². The fourth-order valence-corrected chi connectivity index (χ4v) is 5.80. The lowest BCUT2D eigenvalue weighted by Crippen LogP contribution is -2.38. The molecule has 0 unspecified atom stereocenters. The maximum atomic E-state index is 13.6. The lowest BCUT2D eigenvalue weighted by molar-refractivity contribution is 0.0707. The van der Waals surface area contributed by atoms with Gasteiger partial charge in [-0.05, 0) is 60.0 Å². The van der Waals surface area contributed by atoms with E-state index in [2.05, 4.69) is 29.2 Å². The van der Waals surface area contributed by atoms with Gasteiger partial charge in [-0.25, -0.2) is 4.98 Å². The second-order valence-electron chi connectivity index (χ2n) is 8.55. The van der Waals surface area contributed by atoms with Gasteiger partial charge in [0, 0.05) is 34.4 Å². The van der Waals surface area contributed by atoms with Crippen molar-refractivity contribution >= 4 is 50.7 Å². The Morgan fingerprint density at radius 2 is 1.85 bits per heavy atom. The van der Waals surface area contributed by atoms with Crippen LogP contribution >= 0.6 is 22.9 Å². The molecule has 4 heterocycles. The van der Waals surface area contributed by atoms with Gasteiger partial charge >= 0.3 is 0 Å². The Morgan fingerprint density at radius 3 is 2.64 bits per heavy atom. The van der Waals surface area contributed by atoms with Gasteiger partial charge in [0.15, 0.2) is 0 Å². The van der Waals surface area contributed by atoms with Crippen LogP contribution in [0.5, 0.6) is 0 Å². The molecule has 1 saturated heterocycles. The molecule has 5 aromatic rings. The number of hydrogen-bond acceptors (Lipinski definition) is 3. The highest BCUT2D eigenvalue weighted by atomic mass is 35.5. The molecule has 1 aliphatic rings. The van der Waals surface area contributed by atoms with E-state index in [1.807, 2.05) is 52.7 Å². The molecular formula is C27H22ClN3OS. The van der Waals surface area contributed by atoms with Gasteiger partial charge in [-0.3, -0.25) is 4.79 Å². The van der Waals surface area contributed by atoms with Crippen molar-refractivity contribution in [2.45, 2.75) is 18.8 Å². The predicted octanol–water partition coefficient (Wildman–Crippen LogP) is 7.12. The zero-order valence-electron chi connectivity index (χ0n) is 17.9.